The molecule has 0 spiro atoms. The predicted octanol–water partition coefficient (Wildman–Crippen LogP) is 1.20. The van der Waals surface area contributed by atoms with Crippen molar-refractivity contribution in [3.8, 4) is 0 Å². The summed E-state index contributed by atoms with van der Waals surface area (Å²) in [6.45, 7) is 4.54. The summed E-state index contributed by atoms with van der Waals surface area (Å²) in [5.74, 6) is 0.324. The fourth-order valence-corrected chi connectivity index (χ4v) is 3.01. The molecule has 1 aromatic heterocycles. The van der Waals surface area contributed by atoms with Crippen LogP contribution in [0.5, 0.6) is 0 Å². The Hall–Kier alpha value is -0.820. The summed E-state index contributed by atoms with van der Waals surface area (Å²) >= 11 is 1.11. The van der Waals surface area contributed by atoms with Crippen molar-refractivity contribution in [2.24, 2.45) is 0 Å². The molecule has 0 saturated heterocycles. The average molecular weight is 261 g/mol. The molecule has 1 unspecified atom stereocenters. The van der Waals surface area contributed by atoms with E-state index in [9.17, 15) is 9.00 Å². The Kier molecular flexibility index (Phi) is 5.54. The van der Waals surface area contributed by atoms with Crippen molar-refractivity contribution in [1.82, 2.24) is 15.5 Å². The van der Waals surface area contributed by atoms with Gasteiger partial charge in [0.1, 0.15) is 0 Å². The van der Waals surface area contributed by atoms with E-state index in [1.54, 1.807) is 0 Å². The van der Waals surface area contributed by atoms with E-state index in [-0.39, 0.29) is 10.9 Å². The number of nitrogens with zero attached hydrogens (tertiary/aromatic N) is 2. The van der Waals surface area contributed by atoms with Crippen LogP contribution in [0, 0.1) is 0 Å². The molecule has 0 aromatic carbocycles. The predicted molar refractivity (Wildman–Crippen MR) is 64.1 cm³/mol. The largest absolute Gasteiger partial charge is 0.350 e. The average Bonchev–Trinajstić information content (AvgIpc) is 2.75. The Morgan fingerprint density at radius 1 is 1.38 bits per heavy atom. The van der Waals surface area contributed by atoms with Crippen LogP contribution >= 0.6 is 11.3 Å². The third-order valence-electron chi connectivity index (χ3n) is 1.72. The molecule has 1 rings (SSSR count). The van der Waals surface area contributed by atoms with Crippen molar-refractivity contribution in [2.75, 3.05) is 12.3 Å². The number of hydrogen-bond acceptors (Lipinski definition) is 5. The van der Waals surface area contributed by atoms with E-state index in [0.717, 1.165) is 24.2 Å². The van der Waals surface area contributed by atoms with Crippen LogP contribution in [0.3, 0.4) is 0 Å². The molecule has 0 fully saturated rings. The fourth-order valence-electron chi connectivity index (χ4n) is 0.980. The van der Waals surface area contributed by atoms with Gasteiger partial charge < -0.3 is 5.32 Å². The molecule has 1 heterocycles. The van der Waals surface area contributed by atoms with Gasteiger partial charge in [-0.15, -0.1) is 10.2 Å². The van der Waals surface area contributed by atoms with Gasteiger partial charge in [0.05, 0.1) is 10.8 Å². The third-order valence-corrected chi connectivity index (χ3v) is 4.50. The fraction of sp³-hybridized carbons (Fsp3) is 0.667. The highest BCUT2D eigenvalue weighted by atomic mass is 32.2. The van der Waals surface area contributed by atoms with E-state index < -0.39 is 10.8 Å². The molecule has 0 bridgehead atoms. The molecule has 0 aliphatic carbocycles. The lowest BCUT2D eigenvalue weighted by atomic mass is 10.5. The van der Waals surface area contributed by atoms with Gasteiger partial charge in [0.2, 0.25) is 9.35 Å². The Morgan fingerprint density at radius 3 is 2.75 bits per heavy atom. The first-order chi connectivity index (χ1) is 7.69. The quantitative estimate of drug-likeness (QED) is 0.835. The van der Waals surface area contributed by atoms with Crippen molar-refractivity contribution < 1.29 is 9.00 Å². The van der Waals surface area contributed by atoms with Gasteiger partial charge in [0.25, 0.3) is 5.91 Å². The third kappa shape index (κ3) is 3.64. The zero-order valence-corrected chi connectivity index (χ0v) is 11.0. The van der Waals surface area contributed by atoms with E-state index >= 15 is 0 Å². The second kappa shape index (κ2) is 6.70. The van der Waals surface area contributed by atoms with Crippen molar-refractivity contribution in [2.45, 2.75) is 31.0 Å². The van der Waals surface area contributed by atoms with Crippen LogP contribution in [0.1, 0.15) is 36.5 Å². The van der Waals surface area contributed by atoms with Crippen molar-refractivity contribution in [1.29, 1.82) is 0 Å². The Morgan fingerprint density at radius 2 is 2.12 bits per heavy atom. The van der Waals surface area contributed by atoms with E-state index in [2.05, 4.69) is 15.5 Å². The highest BCUT2D eigenvalue weighted by molar-refractivity contribution is 7.87. The molecule has 5 nitrogen and oxygen atoms in total. The van der Waals surface area contributed by atoms with E-state index in [1.807, 2.05) is 13.8 Å². The van der Waals surface area contributed by atoms with Crippen LogP contribution in [0.4, 0.5) is 0 Å². The van der Waals surface area contributed by atoms with Crippen LogP contribution in [-0.2, 0) is 10.8 Å². The number of nitrogens with one attached hydrogen (secondary N) is 1. The molecule has 1 atom stereocenters. The maximum absolute atomic E-state index is 11.6. The number of carbonyl (C=O) groups excluding carboxylic acids is 1. The minimum Gasteiger partial charge on any atom is -0.350 e. The molecule has 0 radical (unpaired) electrons. The summed E-state index contributed by atoms with van der Waals surface area (Å²) in [7, 11) is -1.12. The van der Waals surface area contributed by atoms with Crippen molar-refractivity contribution >= 4 is 28.0 Å². The Bertz CT molecular complexity index is 379. The molecule has 0 aliphatic rings. The maximum atomic E-state index is 11.6. The highest BCUT2D eigenvalue weighted by Crippen LogP contribution is 2.14. The van der Waals surface area contributed by atoms with E-state index in [0.29, 0.717) is 16.6 Å². The highest BCUT2D eigenvalue weighted by Gasteiger charge is 2.15. The summed E-state index contributed by atoms with van der Waals surface area (Å²) in [4.78, 5) is 11.5. The molecular formula is C9H15N3O2S2. The van der Waals surface area contributed by atoms with Crippen molar-refractivity contribution in [3.05, 3.63) is 5.01 Å². The molecule has 16 heavy (non-hydrogen) atoms. The standard InChI is InChI=1S/C9H15N3O2S2/c1-3-5-10-7(13)8-11-12-9(15-8)16(14)6-4-2/h3-6H2,1-2H3,(H,10,13). The van der Waals surface area contributed by atoms with Crippen LogP contribution in [0.2, 0.25) is 0 Å². The first kappa shape index (κ1) is 13.2. The van der Waals surface area contributed by atoms with Crippen LogP contribution < -0.4 is 5.32 Å². The van der Waals surface area contributed by atoms with Gasteiger partial charge in [0.15, 0.2) is 0 Å². The normalized spacial score (nSPS) is 12.4. The number of hydrogen-bond donors (Lipinski definition) is 1. The SMILES string of the molecule is CCCNC(=O)c1nnc(S(=O)CCC)s1. The van der Waals surface area contributed by atoms with E-state index in [1.165, 1.54) is 0 Å². The lowest BCUT2D eigenvalue weighted by Crippen LogP contribution is -2.23. The van der Waals surface area contributed by atoms with Crippen LogP contribution in [0.15, 0.2) is 4.34 Å². The molecule has 90 valence electrons. The van der Waals surface area contributed by atoms with Gasteiger partial charge in [-0.2, -0.15) is 0 Å². The number of aromatic nitrogens is 2. The first-order valence-corrected chi connectivity index (χ1v) is 7.32. The molecule has 1 amide bonds. The molecule has 1 aromatic rings. The molecule has 0 aliphatic heterocycles. The first-order valence-electron chi connectivity index (χ1n) is 5.19. The minimum atomic E-state index is -1.12. The Labute approximate surface area is 101 Å². The number of amides is 1. The second-order valence-electron chi connectivity index (χ2n) is 3.18. The minimum absolute atomic E-state index is 0.237. The van der Waals surface area contributed by atoms with Gasteiger partial charge in [-0.25, -0.2) is 0 Å². The van der Waals surface area contributed by atoms with Gasteiger partial charge in [-0.1, -0.05) is 25.2 Å². The molecule has 0 saturated carbocycles. The Balaban J connectivity index is 2.63. The smallest absolute Gasteiger partial charge is 0.282 e. The van der Waals surface area contributed by atoms with Crippen LogP contribution in [0.25, 0.3) is 0 Å². The van der Waals surface area contributed by atoms with Crippen molar-refractivity contribution in [3.63, 3.8) is 0 Å². The van der Waals surface area contributed by atoms with Gasteiger partial charge in [-0.3, -0.25) is 9.00 Å². The topological polar surface area (TPSA) is 72.0 Å². The molecule has 7 heteroatoms. The summed E-state index contributed by atoms with van der Waals surface area (Å²) < 4.78 is 12.0. The lowest BCUT2D eigenvalue weighted by Gasteiger charge is -1.97. The van der Waals surface area contributed by atoms with Crippen LogP contribution in [-0.4, -0.2) is 32.6 Å². The monoisotopic (exact) mass is 261 g/mol. The van der Waals surface area contributed by atoms with Gasteiger partial charge in [-0.05, 0) is 12.8 Å². The number of rotatable bonds is 6. The maximum Gasteiger partial charge on any atom is 0.282 e. The zero-order valence-electron chi connectivity index (χ0n) is 9.36. The van der Waals surface area contributed by atoms with Gasteiger partial charge in [0, 0.05) is 12.3 Å². The van der Waals surface area contributed by atoms with E-state index in [4.69, 9.17) is 0 Å². The molecule has 1 N–H and O–H groups in total. The lowest BCUT2D eigenvalue weighted by molar-refractivity contribution is 0.0952. The second-order valence-corrected chi connectivity index (χ2v) is 5.90. The zero-order chi connectivity index (χ0) is 12.0. The van der Waals surface area contributed by atoms with Gasteiger partial charge >= 0.3 is 0 Å². The summed E-state index contributed by atoms with van der Waals surface area (Å²) in [5.41, 5.74) is 0. The number of carbonyl (C=O) groups is 1. The summed E-state index contributed by atoms with van der Waals surface area (Å²) in [5, 5.41) is 10.5. The molecular weight excluding hydrogens is 246 g/mol. The summed E-state index contributed by atoms with van der Waals surface area (Å²) in [6, 6.07) is 0. The summed E-state index contributed by atoms with van der Waals surface area (Å²) in [6.07, 6.45) is 1.70.